The van der Waals surface area contributed by atoms with Gasteiger partial charge in [0.25, 0.3) is 5.92 Å². The van der Waals surface area contributed by atoms with Gasteiger partial charge in [0.05, 0.1) is 18.4 Å². The van der Waals surface area contributed by atoms with Gasteiger partial charge in [-0.1, -0.05) is 58.4 Å². The predicted octanol–water partition coefficient (Wildman–Crippen LogP) is 6.64. The van der Waals surface area contributed by atoms with E-state index in [0.29, 0.717) is 42.2 Å². The van der Waals surface area contributed by atoms with Gasteiger partial charge in [-0.2, -0.15) is 0 Å². The number of amides is 1. The minimum atomic E-state index is -2.81. The Kier molecular flexibility index (Phi) is 7.18. The van der Waals surface area contributed by atoms with Crippen molar-refractivity contribution in [2.45, 2.75) is 102 Å². The van der Waals surface area contributed by atoms with Crippen LogP contribution in [0.25, 0.3) is 0 Å². The normalized spacial score (nSPS) is 39.8. The lowest BCUT2D eigenvalue weighted by atomic mass is 9.55. The van der Waals surface area contributed by atoms with Crippen LogP contribution < -0.4 is 5.32 Å². The number of rotatable bonds is 7. The molecular formula is C32H44ClF2NO4. The fraction of sp³-hybridized carbons (Fsp3) is 0.750. The largest absolute Gasteiger partial charge is 0.469 e. The number of hydrogen-bond donors (Lipinski definition) is 2. The van der Waals surface area contributed by atoms with Crippen LogP contribution in [0.1, 0.15) is 96.6 Å². The molecule has 5 nitrogen and oxygen atoms in total. The van der Waals surface area contributed by atoms with E-state index in [0.717, 1.165) is 18.4 Å². The summed E-state index contributed by atoms with van der Waals surface area (Å²) in [5, 5.41) is 14.2. The molecule has 0 heterocycles. The Bertz CT molecular complexity index is 1190. The average Bonchev–Trinajstić information content (AvgIpc) is 3.11. The highest BCUT2D eigenvalue weighted by atomic mass is 35.5. The van der Waals surface area contributed by atoms with Crippen molar-refractivity contribution in [3.8, 4) is 0 Å². The van der Waals surface area contributed by atoms with Gasteiger partial charge in [-0.25, -0.2) is 8.78 Å². The first-order chi connectivity index (χ1) is 18.6. The highest BCUT2D eigenvalue weighted by molar-refractivity contribution is 6.31. The lowest BCUT2D eigenvalue weighted by Gasteiger charge is -2.51. The first kappa shape index (κ1) is 29.8. The summed E-state index contributed by atoms with van der Waals surface area (Å²) < 4.78 is 34.8. The Hall–Kier alpha value is -1.73. The number of carbonyl (C=O) groups is 2. The summed E-state index contributed by atoms with van der Waals surface area (Å²) in [6.45, 7) is 9.71. The zero-order valence-corrected chi connectivity index (χ0v) is 25.3. The monoisotopic (exact) mass is 579 g/mol. The molecule has 2 N–H and O–H groups in total. The molecule has 5 aliphatic carbocycles. The van der Waals surface area contributed by atoms with Crippen LogP contribution in [0.4, 0.5) is 8.78 Å². The molecule has 0 aromatic heterocycles. The number of carbonyl (C=O) groups excluding carboxylic acids is 2. The topological polar surface area (TPSA) is 75.6 Å². The molecule has 8 heteroatoms. The van der Waals surface area contributed by atoms with Crippen LogP contribution in [0.15, 0.2) is 18.2 Å². The van der Waals surface area contributed by atoms with E-state index in [1.54, 1.807) is 12.1 Å². The lowest BCUT2D eigenvalue weighted by molar-refractivity contribution is -0.159. The van der Waals surface area contributed by atoms with Gasteiger partial charge in [-0.15, -0.1) is 0 Å². The van der Waals surface area contributed by atoms with Gasteiger partial charge < -0.3 is 15.2 Å². The molecule has 0 spiro atoms. The zero-order valence-electron chi connectivity index (χ0n) is 24.6. The first-order valence-electron chi connectivity index (χ1n) is 14.7. The summed E-state index contributed by atoms with van der Waals surface area (Å²) in [5.74, 6) is -4.49. The third-order valence-corrected chi connectivity index (χ3v) is 11.6. The number of benzene rings is 1. The quantitative estimate of drug-likeness (QED) is 0.355. The van der Waals surface area contributed by atoms with Crippen LogP contribution in [-0.4, -0.2) is 42.2 Å². The molecule has 1 aromatic carbocycles. The maximum Gasteiger partial charge on any atom is 0.311 e. The average molecular weight is 580 g/mol. The third-order valence-electron chi connectivity index (χ3n) is 11.3. The number of aliphatic hydroxyl groups excluding tert-OH is 1. The molecule has 0 saturated heterocycles. The molecule has 40 heavy (non-hydrogen) atoms. The van der Waals surface area contributed by atoms with Crippen LogP contribution >= 0.6 is 11.6 Å². The molecule has 5 aliphatic rings. The van der Waals surface area contributed by atoms with Crippen LogP contribution in [0, 0.1) is 34.5 Å². The van der Waals surface area contributed by atoms with Crippen molar-refractivity contribution in [3.05, 3.63) is 34.3 Å². The standard InChI is InChI=1S/C32H44ClF2NO4/c1-18-9-10-31(22(15-37)19(18)2,14-24(38)36-30-12-11-29(16-30,17-30)27(39)40-6)20-7-8-21(23(33)13-20)25-26(28(3,4)5)32(25,34)35/h7-8,13,18-19,22,25-26,37H,9-12,14-17H2,1-6H3,(H,36,38)/t18-,19+,22?,25?,26?,29?,30?,31?/m0/s1. The molecule has 4 unspecified atom stereocenters. The van der Waals surface area contributed by atoms with E-state index in [-0.39, 0.29) is 36.7 Å². The van der Waals surface area contributed by atoms with E-state index in [2.05, 4.69) is 19.2 Å². The first-order valence-corrected chi connectivity index (χ1v) is 15.1. The van der Waals surface area contributed by atoms with Gasteiger partial charge in [-0.05, 0) is 78.9 Å². The summed E-state index contributed by atoms with van der Waals surface area (Å²) in [6, 6.07) is 5.38. The second-order valence-electron chi connectivity index (χ2n) is 14.7. The van der Waals surface area contributed by atoms with E-state index in [1.165, 1.54) is 7.11 Å². The molecule has 5 fully saturated rings. The second-order valence-corrected chi connectivity index (χ2v) is 15.1. The molecule has 1 amide bonds. The molecule has 222 valence electrons. The molecule has 5 saturated carbocycles. The number of ether oxygens (including phenoxy) is 1. The third kappa shape index (κ3) is 4.49. The maximum absolute atomic E-state index is 14.9. The lowest BCUT2D eigenvalue weighted by Crippen LogP contribution is -2.59. The summed E-state index contributed by atoms with van der Waals surface area (Å²) in [4.78, 5) is 26.0. The molecule has 6 atom stereocenters. The molecule has 0 radical (unpaired) electrons. The number of halogens is 3. The summed E-state index contributed by atoms with van der Waals surface area (Å²) >= 11 is 6.77. The number of nitrogens with one attached hydrogen (secondary N) is 1. The van der Waals surface area contributed by atoms with Crippen molar-refractivity contribution in [3.63, 3.8) is 0 Å². The van der Waals surface area contributed by atoms with Gasteiger partial charge in [-0.3, -0.25) is 9.59 Å². The highest BCUT2D eigenvalue weighted by Crippen LogP contribution is 2.69. The molecular weight excluding hydrogens is 536 g/mol. The SMILES string of the molecule is COC(=O)C12CCC(NC(=O)CC3(c4ccc(C5C(C(C)(C)C)C5(F)F)c(Cl)c4)CC[C@H](C)[C@@H](C)C3CO)(C1)C2. The fourth-order valence-electron chi connectivity index (χ4n) is 9.05. The van der Waals surface area contributed by atoms with Crippen LogP contribution in [0.5, 0.6) is 0 Å². The van der Waals surface area contributed by atoms with Crippen molar-refractivity contribution in [1.82, 2.24) is 5.32 Å². The Balaban J connectivity index is 1.44. The van der Waals surface area contributed by atoms with E-state index in [9.17, 15) is 23.5 Å². The van der Waals surface area contributed by atoms with Crippen molar-refractivity contribution < 1.29 is 28.2 Å². The summed E-state index contributed by atoms with van der Waals surface area (Å²) in [6.07, 6.45) is 4.37. The van der Waals surface area contributed by atoms with Crippen LogP contribution in [0.3, 0.4) is 0 Å². The summed E-state index contributed by atoms with van der Waals surface area (Å²) in [5.41, 5.74) is -0.838. The number of alkyl halides is 2. The zero-order chi connectivity index (χ0) is 29.5. The fourth-order valence-corrected chi connectivity index (χ4v) is 9.35. The molecule has 0 aliphatic heterocycles. The van der Waals surface area contributed by atoms with Crippen molar-refractivity contribution in [2.75, 3.05) is 13.7 Å². The number of aliphatic hydroxyl groups is 1. The van der Waals surface area contributed by atoms with Gasteiger partial charge >= 0.3 is 5.97 Å². The van der Waals surface area contributed by atoms with Crippen LogP contribution in [0.2, 0.25) is 5.02 Å². The smallest absolute Gasteiger partial charge is 0.311 e. The number of fused-ring (bicyclic) bond motifs is 1. The molecule has 6 rings (SSSR count). The van der Waals surface area contributed by atoms with Crippen molar-refractivity contribution in [2.24, 2.45) is 34.5 Å². The number of methoxy groups -OCH3 is 1. The predicted molar refractivity (Wildman–Crippen MR) is 150 cm³/mol. The van der Waals surface area contributed by atoms with E-state index >= 15 is 0 Å². The minimum absolute atomic E-state index is 0.0818. The van der Waals surface area contributed by atoms with Gasteiger partial charge in [0.15, 0.2) is 0 Å². The Morgan fingerprint density at radius 2 is 1.82 bits per heavy atom. The number of esters is 1. The van der Waals surface area contributed by atoms with Crippen molar-refractivity contribution in [1.29, 1.82) is 0 Å². The minimum Gasteiger partial charge on any atom is -0.469 e. The highest BCUT2D eigenvalue weighted by Gasteiger charge is 2.72. The Labute approximate surface area is 241 Å². The Morgan fingerprint density at radius 3 is 2.38 bits per heavy atom. The van der Waals surface area contributed by atoms with Gasteiger partial charge in [0.2, 0.25) is 5.91 Å². The Morgan fingerprint density at radius 1 is 1.15 bits per heavy atom. The second kappa shape index (κ2) is 9.65. The summed E-state index contributed by atoms with van der Waals surface area (Å²) in [7, 11) is 1.40. The maximum atomic E-state index is 14.9. The van der Waals surface area contributed by atoms with E-state index in [4.69, 9.17) is 16.3 Å². The van der Waals surface area contributed by atoms with E-state index < -0.39 is 39.5 Å². The van der Waals surface area contributed by atoms with Crippen molar-refractivity contribution >= 4 is 23.5 Å². The van der Waals surface area contributed by atoms with Gasteiger partial charge in [0.1, 0.15) is 0 Å². The van der Waals surface area contributed by atoms with Gasteiger partial charge in [0, 0.05) is 34.9 Å². The number of hydrogen-bond acceptors (Lipinski definition) is 4. The van der Waals surface area contributed by atoms with Crippen LogP contribution in [-0.2, 0) is 19.7 Å². The molecule has 1 aromatic rings. The van der Waals surface area contributed by atoms with E-state index in [1.807, 2.05) is 26.8 Å². The molecule has 2 bridgehead atoms.